The first kappa shape index (κ1) is 17.5. The predicted octanol–water partition coefficient (Wildman–Crippen LogP) is 5.47. The summed E-state index contributed by atoms with van der Waals surface area (Å²) in [6.07, 6.45) is 0. The standard InChI is InChI=1S/C19H18Cl2N4/c1-13-10-18(25(2)12-14-6-4-3-5-7-14)24-19(22-13)23-15-8-9-16(20)17(21)11-15/h3-11H,12H2,1-2H3,(H,22,23,24). The third-order valence-electron chi connectivity index (χ3n) is 3.67. The van der Waals surface area contributed by atoms with E-state index in [0.29, 0.717) is 16.0 Å². The molecular weight excluding hydrogens is 355 g/mol. The minimum Gasteiger partial charge on any atom is -0.355 e. The number of hydrogen-bond acceptors (Lipinski definition) is 4. The number of hydrogen-bond donors (Lipinski definition) is 1. The van der Waals surface area contributed by atoms with Crippen LogP contribution in [0.2, 0.25) is 10.0 Å². The summed E-state index contributed by atoms with van der Waals surface area (Å²) < 4.78 is 0. The number of aromatic nitrogens is 2. The molecular formula is C19H18Cl2N4. The van der Waals surface area contributed by atoms with Crippen LogP contribution in [0.15, 0.2) is 54.6 Å². The molecule has 0 fully saturated rings. The molecule has 0 amide bonds. The Labute approximate surface area is 157 Å². The first-order chi connectivity index (χ1) is 12.0. The van der Waals surface area contributed by atoms with Crippen molar-refractivity contribution in [1.82, 2.24) is 9.97 Å². The van der Waals surface area contributed by atoms with Gasteiger partial charge >= 0.3 is 0 Å². The largest absolute Gasteiger partial charge is 0.355 e. The minimum absolute atomic E-state index is 0.487. The molecule has 3 aromatic rings. The van der Waals surface area contributed by atoms with Gasteiger partial charge < -0.3 is 10.2 Å². The van der Waals surface area contributed by atoms with Gasteiger partial charge in [0.15, 0.2) is 0 Å². The highest BCUT2D eigenvalue weighted by Gasteiger charge is 2.09. The van der Waals surface area contributed by atoms with Crippen molar-refractivity contribution in [3.8, 4) is 0 Å². The van der Waals surface area contributed by atoms with Crippen LogP contribution in [-0.4, -0.2) is 17.0 Å². The molecule has 0 aliphatic rings. The van der Waals surface area contributed by atoms with Crippen LogP contribution in [0.3, 0.4) is 0 Å². The molecule has 6 heteroatoms. The highest BCUT2D eigenvalue weighted by Crippen LogP contribution is 2.26. The number of aryl methyl sites for hydroxylation is 1. The highest BCUT2D eigenvalue weighted by atomic mass is 35.5. The molecule has 0 unspecified atom stereocenters. The lowest BCUT2D eigenvalue weighted by Crippen LogP contribution is -2.18. The summed E-state index contributed by atoms with van der Waals surface area (Å²) >= 11 is 12.0. The number of benzene rings is 2. The van der Waals surface area contributed by atoms with Gasteiger partial charge in [-0.05, 0) is 30.7 Å². The van der Waals surface area contributed by atoms with Crippen molar-refractivity contribution in [2.45, 2.75) is 13.5 Å². The first-order valence-electron chi connectivity index (χ1n) is 7.84. The topological polar surface area (TPSA) is 41.1 Å². The maximum Gasteiger partial charge on any atom is 0.229 e. The van der Waals surface area contributed by atoms with Crippen LogP contribution < -0.4 is 10.2 Å². The third kappa shape index (κ3) is 4.62. The van der Waals surface area contributed by atoms with Gasteiger partial charge in [0, 0.05) is 31.0 Å². The van der Waals surface area contributed by atoms with Gasteiger partial charge in [0.25, 0.3) is 0 Å². The lowest BCUT2D eigenvalue weighted by Gasteiger charge is -2.19. The van der Waals surface area contributed by atoms with Gasteiger partial charge in [-0.2, -0.15) is 4.98 Å². The van der Waals surface area contributed by atoms with Crippen LogP contribution in [0.1, 0.15) is 11.3 Å². The summed E-state index contributed by atoms with van der Waals surface area (Å²) in [4.78, 5) is 11.1. The van der Waals surface area contributed by atoms with Crippen molar-refractivity contribution >= 4 is 40.7 Å². The molecule has 0 aliphatic carbocycles. The Balaban J connectivity index is 1.81. The molecule has 25 heavy (non-hydrogen) atoms. The summed E-state index contributed by atoms with van der Waals surface area (Å²) in [5, 5.41) is 4.18. The summed E-state index contributed by atoms with van der Waals surface area (Å²) in [6.45, 7) is 2.71. The average Bonchev–Trinajstić information content (AvgIpc) is 2.58. The van der Waals surface area contributed by atoms with Crippen molar-refractivity contribution < 1.29 is 0 Å². The number of halogens is 2. The fourth-order valence-electron chi connectivity index (χ4n) is 2.44. The van der Waals surface area contributed by atoms with E-state index >= 15 is 0 Å². The lowest BCUT2D eigenvalue weighted by molar-refractivity contribution is 0.888. The molecule has 0 radical (unpaired) electrons. The van der Waals surface area contributed by atoms with E-state index in [1.54, 1.807) is 12.1 Å². The van der Waals surface area contributed by atoms with E-state index in [-0.39, 0.29) is 0 Å². The zero-order valence-corrected chi connectivity index (χ0v) is 15.5. The van der Waals surface area contributed by atoms with E-state index in [4.69, 9.17) is 23.2 Å². The van der Waals surface area contributed by atoms with Gasteiger partial charge in [-0.3, -0.25) is 0 Å². The quantitative estimate of drug-likeness (QED) is 0.644. The second kappa shape index (κ2) is 7.72. The second-order valence-corrected chi connectivity index (χ2v) is 6.60. The molecule has 0 saturated carbocycles. The van der Waals surface area contributed by atoms with Crippen LogP contribution in [0, 0.1) is 6.92 Å². The lowest BCUT2D eigenvalue weighted by atomic mass is 10.2. The fourth-order valence-corrected chi connectivity index (χ4v) is 2.74. The van der Waals surface area contributed by atoms with Gasteiger partial charge in [0.1, 0.15) is 5.82 Å². The normalized spacial score (nSPS) is 10.6. The Morgan fingerprint density at radius 2 is 1.72 bits per heavy atom. The van der Waals surface area contributed by atoms with Crippen LogP contribution in [0.5, 0.6) is 0 Å². The van der Waals surface area contributed by atoms with Crippen molar-refractivity contribution in [1.29, 1.82) is 0 Å². The van der Waals surface area contributed by atoms with Gasteiger partial charge in [-0.25, -0.2) is 4.98 Å². The molecule has 1 aromatic heterocycles. The molecule has 1 N–H and O–H groups in total. The van der Waals surface area contributed by atoms with Crippen LogP contribution in [-0.2, 0) is 6.54 Å². The SMILES string of the molecule is Cc1cc(N(C)Cc2ccccc2)nc(Nc2ccc(Cl)c(Cl)c2)n1. The van der Waals surface area contributed by atoms with Crippen molar-refractivity contribution in [3.05, 3.63) is 75.9 Å². The summed E-state index contributed by atoms with van der Waals surface area (Å²) in [7, 11) is 2.01. The molecule has 0 spiro atoms. The van der Waals surface area contributed by atoms with E-state index in [1.165, 1.54) is 5.56 Å². The molecule has 4 nitrogen and oxygen atoms in total. The Morgan fingerprint density at radius 3 is 2.44 bits per heavy atom. The van der Waals surface area contributed by atoms with Crippen molar-refractivity contribution in [2.24, 2.45) is 0 Å². The van der Waals surface area contributed by atoms with Crippen molar-refractivity contribution in [2.75, 3.05) is 17.3 Å². The van der Waals surface area contributed by atoms with Gasteiger partial charge in [0.2, 0.25) is 5.95 Å². The van der Waals surface area contributed by atoms with Gasteiger partial charge in [-0.1, -0.05) is 53.5 Å². The average molecular weight is 373 g/mol. The summed E-state index contributed by atoms with van der Waals surface area (Å²) in [5.74, 6) is 1.37. The smallest absolute Gasteiger partial charge is 0.229 e. The molecule has 0 bridgehead atoms. The molecule has 0 atom stereocenters. The molecule has 128 valence electrons. The Hall–Kier alpha value is -2.30. The maximum absolute atomic E-state index is 6.06. The monoisotopic (exact) mass is 372 g/mol. The zero-order chi connectivity index (χ0) is 17.8. The third-order valence-corrected chi connectivity index (χ3v) is 4.41. The van der Waals surface area contributed by atoms with E-state index in [9.17, 15) is 0 Å². The van der Waals surface area contributed by atoms with Crippen LogP contribution in [0.25, 0.3) is 0 Å². The second-order valence-electron chi connectivity index (χ2n) is 5.79. The highest BCUT2D eigenvalue weighted by molar-refractivity contribution is 6.42. The molecule has 0 aliphatic heterocycles. The fraction of sp³-hybridized carbons (Fsp3) is 0.158. The minimum atomic E-state index is 0.487. The number of nitrogens with one attached hydrogen (secondary N) is 1. The van der Waals surface area contributed by atoms with Crippen LogP contribution >= 0.6 is 23.2 Å². The van der Waals surface area contributed by atoms with Gasteiger partial charge in [-0.15, -0.1) is 0 Å². The number of rotatable bonds is 5. The number of nitrogens with zero attached hydrogens (tertiary/aromatic N) is 3. The van der Waals surface area contributed by atoms with E-state index in [1.807, 2.05) is 44.3 Å². The molecule has 1 heterocycles. The van der Waals surface area contributed by atoms with E-state index in [2.05, 4.69) is 32.3 Å². The predicted molar refractivity (Wildman–Crippen MR) is 105 cm³/mol. The maximum atomic E-state index is 6.06. The zero-order valence-electron chi connectivity index (χ0n) is 14.0. The summed E-state index contributed by atoms with van der Waals surface area (Å²) in [5.41, 5.74) is 2.89. The van der Waals surface area contributed by atoms with Crippen LogP contribution in [0.4, 0.5) is 17.5 Å². The van der Waals surface area contributed by atoms with E-state index in [0.717, 1.165) is 23.7 Å². The van der Waals surface area contributed by atoms with Gasteiger partial charge in [0.05, 0.1) is 10.0 Å². The molecule has 0 saturated heterocycles. The molecule has 3 rings (SSSR count). The molecule has 2 aromatic carbocycles. The van der Waals surface area contributed by atoms with E-state index < -0.39 is 0 Å². The Morgan fingerprint density at radius 1 is 0.960 bits per heavy atom. The van der Waals surface area contributed by atoms with Crippen molar-refractivity contribution in [3.63, 3.8) is 0 Å². The Bertz CT molecular complexity index is 869. The summed E-state index contributed by atoms with van der Waals surface area (Å²) in [6, 6.07) is 17.6. The Kier molecular flexibility index (Phi) is 5.41. The number of anilines is 3. The first-order valence-corrected chi connectivity index (χ1v) is 8.59.